The zero-order valence-electron chi connectivity index (χ0n) is 23.1. The minimum Gasteiger partial charge on any atom is -0.492 e. The molecule has 15 heteroatoms. The number of hydrogen-bond acceptors (Lipinski definition) is 11. The average molecular weight is 586 g/mol. The molecule has 4 aromatic rings. The maximum absolute atomic E-state index is 14.4. The number of imidazole rings is 1. The fourth-order valence-electron chi connectivity index (χ4n) is 5.11. The molecule has 1 fully saturated rings. The van der Waals surface area contributed by atoms with E-state index in [0.717, 1.165) is 5.56 Å². The van der Waals surface area contributed by atoms with Crippen LogP contribution >= 0.6 is 0 Å². The van der Waals surface area contributed by atoms with Crippen LogP contribution in [0.4, 0.5) is 24.7 Å². The summed E-state index contributed by atoms with van der Waals surface area (Å²) >= 11 is 0. The van der Waals surface area contributed by atoms with Crippen LogP contribution in [0.15, 0.2) is 37.1 Å². The number of anilines is 2. The van der Waals surface area contributed by atoms with Crippen molar-refractivity contribution in [3.05, 3.63) is 48.6 Å². The largest absolute Gasteiger partial charge is 0.492 e. The summed E-state index contributed by atoms with van der Waals surface area (Å²) in [5, 5.41) is 2.91. The van der Waals surface area contributed by atoms with Crippen LogP contribution in [-0.4, -0.2) is 74.4 Å². The van der Waals surface area contributed by atoms with Crippen molar-refractivity contribution in [3.8, 4) is 17.1 Å². The van der Waals surface area contributed by atoms with Gasteiger partial charge in [0, 0.05) is 32.0 Å². The van der Waals surface area contributed by atoms with Crippen LogP contribution < -0.4 is 20.7 Å². The second-order valence-corrected chi connectivity index (χ2v) is 10.1. The van der Waals surface area contributed by atoms with Gasteiger partial charge in [-0.2, -0.15) is 4.39 Å². The van der Waals surface area contributed by atoms with Crippen molar-refractivity contribution in [2.24, 2.45) is 5.73 Å². The Bertz CT molecular complexity index is 1590. The standard InChI is InChI=1S/C27H30F3N9O3/c1-16(40)42-15-36-25-23-26(34-13-33-25)39(14-35-23)11-17-8-19(18-4-5-21(41-2)24(30)37-18)32-10-20(17)38-7-3-6-27(31,12-38)9-22(28)29/h4-5,8,10,13-14,22H,3,6-7,9,11-12,15,31H2,1-2H3,(H,33,34,36)/t27-/m0/s1. The van der Waals surface area contributed by atoms with Gasteiger partial charge in [0.1, 0.15) is 6.33 Å². The van der Waals surface area contributed by atoms with E-state index in [1.165, 1.54) is 26.4 Å². The van der Waals surface area contributed by atoms with Crippen molar-refractivity contribution in [1.29, 1.82) is 0 Å². The number of alkyl halides is 2. The molecule has 222 valence electrons. The van der Waals surface area contributed by atoms with Crippen molar-refractivity contribution in [3.63, 3.8) is 0 Å². The highest BCUT2D eigenvalue weighted by atomic mass is 19.3. The second kappa shape index (κ2) is 12.1. The Labute approximate surface area is 239 Å². The van der Waals surface area contributed by atoms with Gasteiger partial charge in [-0.05, 0) is 36.6 Å². The number of nitrogens with two attached hydrogens (primary N) is 1. The highest BCUT2D eigenvalue weighted by Crippen LogP contribution is 2.33. The highest BCUT2D eigenvalue weighted by molar-refractivity contribution is 5.82. The second-order valence-electron chi connectivity index (χ2n) is 10.1. The predicted octanol–water partition coefficient (Wildman–Crippen LogP) is 3.36. The molecule has 42 heavy (non-hydrogen) atoms. The van der Waals surface area contributed by atoms with Crippen LogP contribution in [0, 0.1) is 5.95 Å². The van der Waals surface area contributed by atoms with Crippen LogP contribution in [0.25, 0.3) is 22.6 Å². The van der Waals surface area contributed by atoms with Gasteiger partial charge in [-0.25, -0.2) is 28.7 Å². The number of pyridine rings is 2. The molecular weight excluding hydrogens is 555 g/mol. The van der Waals surface area contributed by atoms with E-state index in [-0.39, 0.29) is 25.6 Å². The summed E-state index contributed by atoms with van der Waals surface area (Å²) in [6.45, 7) is 2.28. The van der Waals surface area contributed by atoms with E-state index in [1.54, 1.807) is 29.2 Å². The Hall–Kier alpha value is -4.53. The Kier molecular flexibility index (Phi) is 8.38. The molecule has 0 unspecified atom stereocenters. The first-order valence-electron chi connectivity index (χ1n) is 13.2. The van der Waals surface area contributed by atoms with Crippen LogP contribution in [0.5, 0.6) is 5.75 Å². The molecule has 12 nitrogen and oxygen atoms in total. The molecule has 5 heterocycles. The van der Waals surface area contributed by atoms with E-state index in [1.807, 2.05) is 4.90 Å². The zero-order valence-corrected chi connectivity index (χ0v) is 23.1. The minimum absolute atomic E-state index is 0.00455. The Morgan fingerprint density at radius 3 is 2.79 bits per heavy atom. The lowest BCUT2D eigenvalue weighted by atomic mass is 9.86. The minimum atomic E-state index is -2.52. The van der Waals surface area contributed by atoms with Crippen LogP contribution in [0.3, 0.4) is 0 Å². The number of ether oxygens (including phenoxy) is 2. The lowest BCUT2D eigenvalue weighted by Gasteiger charge is -2.42. The first-order chi connectivity index (χ1) is 20.2. The SMILES string of the molecule is COc1ccc(-c2cc(Cn3cnc4c(NCOC(C)=O)ncnc43)c(N3CCC[C@](N)(CC(F)F)C3)cn2)nc1F. The van der Waals surface area contributed by atoms with Gasteiger partial charge >= 0.3 is 5.97 Å². The molecule has 0 spiro atoms. The number of nitrogens with one attached hydrogen (secondary N) is 1. The topological polar surface area (TPSA) is 146 Å². The van der Waals surface area contributed by atoms with Crippen molar-refractivity contribution in [1.82, 2.24) is 29.5 Å². The first kappa shape index (κ1) is 29.0. The third-order valence-corrected chi connectivity index (χ3v) is 7.03. The fourth-order valence-corrected chi connectivity index (χ4v) is 5.11. The maximum Gasteiger partial charge on any atom is 0.304 e. The Morgan fingerprint density at radius 2 is 2.05 bits per heavy atom. The molecule has 0 aliphatic carbocycles. The predicted molar refractivity (Wildman–Crippen MR) is 148 cm³/mol. The molecule has 4 aromatic heterocycles. The van der Waals surface area contributed by atoms with E-state index in [4.69, 9.17) is 15.2 Å². The number of rotatable bonds is 10. The van der Waals surface area contributed by atoms with Crippen LogP contribution in [0.1, 0.15) is 31.7 Å². The summed E-state index contributed by atoms with van der Waals surface area (Å²) in [7, 11) is 1.35. The molecule has 1 aliphatic heterocycles. The van der Waals surface area contributed by atoms with E-state index in [2.05, 4.69) is 30.2 Å². The molecule has 1 saturated heterocycles. The van der Waals surface area contributed by atoms with Gasteiger partial charge < -0.3 is 30.0 Å². The molecule has 1 atom stereocenters. The number of fused-ring (bicyclic) bond motifs is 1. The lowest BCUT2D eigenvalue weighted by Crippen LogP contribution is -2.55. The highest BCUT2D eigenvalue weighted by Gasteiger charge is 2.35. The fraction of sp³-hybridized carbons (Fsp3) is 0.407. The van der Waals surface area contributed by atoms with Gasteiger partial charge in [-0.1, -0.05) is 0 Å². The smallest absolute Gasteiger partial charge is 0.304 e. The van der Waals surface area contributed by atoms with Gasteiger partial charge in [0.2, 0.25) is 6.43 Å². The van der Waals surface area contributed by atoms with E-state index in [9.17, 15) is 18.0 Å². The van der Waals surface area contributed by atoms with Crippen molar-refractivity contribution in [2.45, 2.75) is 44.7 Å². The Morgan fingerprint density at radius 1 is 1.21 bits per heavy atom. The average Bonchev–Trinajstić information content (AvgIpc) is 3.35. The Balaban J connectivity index is 1.52. The van der Waals surface area contributed by atoms with Gasteiger partial charge in [-0.15, -0.1) is 0 Å². The molecule has 0 saturated carbocycles. The molecule has 0 aromatic carbocycles. The van der Waals surface area contributed by atoms with Gasteiger partial charge in [0.05, 0.1) is 43.3 Å². The number of hydrogen-bond donors (Lipinski definition) is 2. The monoisotopic (exact) mass is 585 g/mol. The van der Waals surface area contributed by atoms with E-state index < -0.39 is 30.3 Å². The number of methoxy groups -OCH3 is 1. The summed E-state index contributed by atoms with van der Waals surface area (Å²) in [6, 6.07) is 4.84. The maximum atomic E-state index is 14.4. The normalized spacial score (nSPS) is 17.1. The number of aromatic nitrogens is 6. The summed E-state index contributed by atoms with van der Waals surface area (Å²) in [5.74, 6) is -0.836. The van der Waals surface area contributed by atoms with Crippen molar-refractivity contribution in [2.75, 3.05) is 37.1 Å². The number of piperidine rings is 1. The van der Waals surface area contributed by atoms with Gasteiger partial charge in [-0.3, -0.25) is 9.78 Å². The van der Waals surface area contributed by atoms with Crippen LogP contribution in [0.2, 0.25) is 0 Å². The summed E-state index contributed by atoms with van der Waals surface area (Å²) in [5.41, 5.74) is 8.44. The third kappa shape index (κ3) is 6.35. The number of halogens is 3. The van der Waals surface area contributed by atoms with E-state index in [0.29, 0.717) is 53.4 Å². The van der Waals surface area contributed by atoms with E-state index >= 15 is 0 Å². The molecule has 5 rings (SSSR count). The number of carbonyl (C=O) groups excluding carboxylic acids is 1. The number of carbonyl (C=O) groups is 1. The number of esters is 1. The molecule has 0 bridgehead atoms. The van der Waals surface area contributed by atoms with Crippen molar-refractivity contribution >= 4 is 28.6 Å². The molecule has 3 N–H and O–H groups in total. The summed E-state index contributed by atoms with van der Waals surface area (Å²) in [4.78, 5) is 34.7. The summed E-state index contributed by atoms with van der Waals surface area (Å²) in [6.07, 6.45) is 2.76. The lowest BCUT2D eigenvalue weighted by molar-refractivity contribution is -0.140. The molecule has 0 amide bonds. The molecule has 1 aliphatic rings. The quantitative estimate of drug-likeness (QED) is 0.160. The first-order valence-corrected chi connectivity index (χ1v) is 13.2. The third-order valence-electron chi connectivity index (χ3n) is 7.03. The van der Waals surface area contributed by atoms with Crippen LogP contribution in [-0.2, 0) is 16.1 Å². The summed E-state index contributed by atoms with van der Waals surface area (Å²) < 4.78 is 52.8. The number of nitrogens with zero attached hydrogens (tertiary/aromatic N) is 7. The van der Waals surface area contributed by atoms with Gasteiger partial charge in [0.15, 0.2) is 29.5 Å². The molecule has 0 radical (unpaired) electrons. The zero-order chi connectivity index (χ0) is 29.9. The van der Waals surface area contributed by atoms with Crippen molar-refractivity contribution < 1.29 is 27.4 Å². The van der Waals surface area contributed by atoms with Gasteiger partial charge in [0.25, 0.3) is 5.95 Å². The molecular formula is C27H30F3N9O3.